The molecular formula is C17H17Cl2N3O. The number of hydrogen-bond donors (Lipinski definition) is 1. The van der Waals surface area contributed by atoms with Crippen molar-refractivity contribution in [2.75, 3.05) is 5.32 Å². The third kappa shape index (κ3) is 3.82. The van der Waals surface area contributed by atoms with Crippen LogP contribution in [-0.4, -0.2) is 15.9 Å². The van der Waals surface area contributed by atoms with Gasteiger partial charge in [0.2, 0.25) is 11.9 Å². The topological polar surface area (TPSA) is 54.9 Å². The molecule has 1 aromatic heterocycles. The van der Waals surface area contributed by atoms with Gasteiger partial charge in [-0.05, 0) is 55.9 Å². The summed E-state index contributed by atoms with van der Waals surface area (Å²) < 4.78 is 0. The first-order valence-electron chi connectivity index (χ1n) is 7.63. The maximum Gasteiger partial charge on any atom is 0.231 e. The number of amides is 1. The Morgan fingerprint density at radius 2 is 1.96 bits per heavy atom. The number of carbonyl (C=O) groups excluding carboxylic acids is 1. The van der Waals surface area contributed by atoms with E-state index in [0.717, 1.165) is 36.2 Å². The molecular weight excluding hydrogens is 333 g/mol. The van der Waals surface area contributed by atoms with Crippen molar-refractivity contribution in [2.45, 2.75) is 39.0 Å². The Bertz CT molecular complexity index is 762. The average molecular weight is 350 g/mol. The van der Waals surface area contributed by atoms with Crippen LogP contribution in [0.1, 0.15) is 35.4 Å². The molecule has 0 atom stereocenters. The summed E-state index contributed by atoms with van der Waals surface area (Å²) in [6.07, 6.45) is 4.50. The molecule has 1 N–H and O–H groups in total. The molecule has 0 unspecified atom stereocenters. The average Bonchev–Trinajstić information content (AvgIpc) is 2.51. The fraction of sp³-hybridized carbons (Fsp3) is 0.353. The zero-order valence-corrected chi connectivity index (χ0v) is 14.3. The summed E-state index contributed by atoms with van der Waals surface area (Å²) in [7, 11) is 0. The van der Waals surface area contributed by atoms with Gasteiger partial charge in [0, 0.05) is 11.4 Å². The molecule has 2 aromatic rings. The second-order valence-electron chi connectivity index (χ2n) is 5.74. The molecule has 0 radical (unpaired) electrons. The highest BCUT2D eigenvalue weighted by Gasteiger charge is 2.16. The fourth-order valence-corrected chi connectivity index (χ4v) is 3.16. The number of aromatic nitrogens is 2. The number of fused-ring (bicyclic) bond motifs is 1. The molecule has 0 spiro atoms. The molecule has 0 fully saturated rings. The maximum atomic E-state index is 12.2. The molecule has 3 rings (SSSR count). The van der Waals surface area contributed by atoms with Crippen molar-refractivity contribution in [1.29, 1.82) is 0 Å². The molecule has 0 bridgehead atoms. The minimum atomic E-state index is -0.168. The molecule has 1 aliphatic rings. The second-order valence-corrected chi connectivity index (χ2v) is 6.55. The smallest absolute Gasteiger partial charge is 0.231 e. The van der Waals surface area contributed by atoms with Crippen molar-refractivity contribution in [3.8, 4) is 0 Å². The third-order valence-corrected chi connectivity index (χ3v) is 4.73. The van der Waals surface area contributed by atoms with E-state index in [2.05, 4.69) is 15.3 Å². The first-order valence-corrected chi connectivity index (χ1v) is 8.38. The van der Waals surface area contributed by atoms with Gasteiger partial charge in [-0.25, -0.2) is 9.97 Å². The molecule has 120 valence electrons. The van der Waals surface area contributed by atoms with E-state index in [9.17, 15) is 4.79 Å². The number of carbonyl (C=O) groups is 1. The van der Waals surface area contributed by atoms with Crippen LogP contribution in [0.5, 0.6) is 0 Å². The normalized spacial score (nSPS) is 13.5. The van der Waals surface area contributed by atoms with Crippen molar-refractivity contribution in [3.05, 3.63) is 50.8 Å². The van der Waals surface area contributed by atoms with Crippen LogP contribution in [0.25, 0.3) is 0 Å². The van der Waals surface area contributed by atoms with Crippen LogP contribution >= 0.6 is 23.2 Å². The highest BCUT2D eigenvalue weighted by atomic mass is 35.5. The monoisotopic (exact) mass is 349 g/mol. The van der Waals surface area contributed by atoms with E-state index in [0.29, 0.717) is 16.0 Å². The van der Waals surface area contributed by atoms with E-state index >= 15 is 0 Å². The zero-order valence-electron chi connectivity index (χ0n) is 12.8. The lowest BCUT2D eigenvalue weighted by Crippen LogP contribution is -2.19. The van der Waals surface area contributed by atoms with Crippen molar-refractivity contribution in [1.82, 2.24) is 9.97 Å². The molecule has 0 saturated heterocycles. The Morgan fingerprint density at radius 3 is 2.74 bits per heavy atom. The number of nitrogens with one attached hydrogen (secondary N) is 1. The minimum Gasteiger partial charge on any atom is -0.294 e. The number of aryl methyl sites for hydroxylation is 2. The summed E-state index contributed by atoms with van der Waals surface area (Å²) in [5, 5.41) is 3.70. The van der Waals surface area contributed by atoms with Crippen LogP contribution in [0.15, 0.2) is 18.2 Å². The van der Waals surface area contributed by atoms with Crippen LogP contribution in [0.2, 0.25) is 10.0 Å². The largest absolute Gasteiger partial charge is 0.294 e. The summed E-state index contributed by atoms with van der Waals surface area (Å²) in [5.74, 6) is 0.215. The predicted octanol–water partition coefficient (Wildman–Crippen LogP) is 4.15. The van der Waals surface area contributed by atoms with Crippen LogP contribution in [0, 0.1) is 6.92 Å². The summed E-state index contributed by atoms with van der Waals surface area (Å²) in [6, 6.07) is 5.17. The van der Waals surface area contributed by atoms with Crippen molar-refractivity contribution in [2.24, 2.45) is 0 Å². The number of nitrogens with zero attached hydrogens (tertiary/aromatic N) is 2. The van der Waals surface area contributed by atoms with Gasteiger partial charge in [0.05, 0.1) is 16.5 Å². The van der Waals surface area contributed by atoms with Crippen LogP contribution in [0.3, 0.4) is 0 Å². The molecule has 23 heavy (non-hydrogen) atoms. The molecule has 1 heterocycles. The zero-order chi connectivity index (χ0) is 16.4. The first kappa shape index (κ1) is 16.2. The number of benzene rings is 1. The van der Waals surface area contributed by atoms with Gasteiger partial charge in [-0.1, -0.05) is 29.3 Å². The summed E-state index contributed by atoms with van der Waals surface area (Å²) in [6.45, 7) is 1.97. The Kier molecular flexibility index (Phi) is 4.83. The molecule has 4 nitrogen and oxygen atoms in total. The van der Waals surface area contributed by atoms with Gasteiger partial charge in [-0.2, -0.15) is 0 Å². The lowest BCUT2D eigenvalue weighted by Gasteiger charge is -2.17. The number of halogens is 2. The Hall–Kier alpha value is -1.65. The number of rotatable bonds is 3. The Balaban J connectivity index is 1.72. The van der Waals surface area contributed by atoms with E-state index in [-0.39, 0.29) is 12.3 Å². The molecule has 6 heteroatoms. The maximum absolute atomic E-state index is 12.2. The van der Waals surface area contributed by atoms with Gasteiger partial charge in [0.1, 0.15) is 0 Å². The highest BCUT2D eigenvalue weighted by molar-refractivity contribution is 6.42. The first-order chi connectivity index (χ1) is 11.0. The quantitative estimate of drug-likeness (QED) is 0.905. The van der Waals surface area contributed by atoms with Crippen molar-refractivity contribution >= 4 is 35.1 Å². The van der Waals surface area contributed by atoms with Gasteiger partial charge in [-0.15, -0.1) is 0 Å². The number of hydrogen-bond acceptors (Lipinski definition) is 3. The van der Waals surface area contributed by atoms with Gasteiger partial charge in [0.25, 0.3) is 0 Å². The SMILES string of the molecule is Cc1nc(NC(=O)Cc2ccc(Cl)c(Cl)c2)nc2c1CCCC2. The standard InChI is InChI=1S/C17H17Cl2N3O/c1-10-12-4-2-3-5-15(12)21-17(20-10)22-16(23)9-11-6-7-13(18)14(19)8-11/h6-8H,2-5,9H2,1H3,(H,20,21,22,23). The van der Waals surface area contributed by atoms with Crippen LogP contribution in [0.4, 0.5) is 5.95 Å². The summed E-state index contributed by atoms with van der Waals surface area (Å²) in [5.41, 5.74) is 4.05. The van der Waals surface area contributed by atoms with Gasteiger partial charge < -0.3 is 0 Å². The molecule has 1 aliphatic carbocycles. The Morgan fingerprint density at radius 1 is 1.17 bits per heavy atom. The lowest BCUT2D eigenvalue weighted by atomic mass is 9.95. The highest BCUT2D eigenvalue weighted by Crippen LogP contribution is 2.24. The van der Waals surface area contributed by atoms with E-state index in [4.69, 9.17) is 23.2 Å². The van der Waals surface area contributed by atoms with E-state index < -0.39 is 0 Å². The van der Waals surface area contributed by atoms with Crippen molar-refractivity contribution < 1.29 is 4.79 Å². The molecule has 0 saturated carbocycles. The van der Waals surface area contributed by atoms with E-state index in [1.807, 2.05) is 6.92 Å². The van der Waals surface area contributed by atoms with Crippen LogP contribution < -0.4 is 5.32 Å². The second kappa shape index (κ2) is 6.85. The van der Waals surface area contributed by atoms with E-state index in [1.165, 1.54) is 12.0 Å². The van der Waals surface area contributed by atoms with Gasteiger partial charge >= 0.3 is 0 Å². The van der Waals surface area contributed by atoms with Gasteiger partial charge in [0.15, 0.2) is 0 Å². The lowest BCUT2D eigenvalue weighted by molar-refractivity contribution is -0.115. The summed E-state index contributed by atoms with van der Waals surface area (Å²) in [4.78, 5) is 21.1. The molecule has 1 aromatic carbocycles. The molecule has 0 aliphatic heterocycles. The fourth-order valence-electron chi connectivity index (χ4n) is 2.84. The van der Waals surface area contributed by atoms with E-state index in [1.54, 1.807) is 18.2 Å². The summed E-state index contributed by atoms with van der Waals surface area (Å²) >= 11 is 11.8. The van der Waals surface area contributed by atoms with Crippen LogP contribution in [-0.2, 0) is 24.1 Å². The van der Waals surface area contributed by atoms with Crippen molar-refractivity contribution in [3.63, 3.8) is 0 Å². The predicted molar refractivity (Wildman–Crippen MR) is 92.2 cm³/mol. The minimum absolute atomic E-state index is 0.168. The third-order valence-electron chi connectivity index (χ3n) is 3.99. The number of anilines is 1. The molecule has 1 amide bonds. The van der Waals surface area contributed by atoms with Gasteiger partial charge in [-0.3, -0.25) is 10.1 Å². The Labute approximate surface area is 145 Å².